The third-order valence-electron chi connectivity index (χ3n) is 4.03. The van der Waals surface area contributed by atoms with Crippen molar-refractivity contribution in [2.75, 3.05) is 17.2 Å². The Morgan fingerprint density at radius 2 is 1.82 bits per heavy atom. The zero-order valence-electron chi connectivity index (χ0n) is 12.0. The van der Waals surface area contributed by atoms with Gasteiger partial charge in [-0.1, -0.05) is 42.5 Å². The molecule has 2 N–H and O–H groups in total. The lowest BCUT2D eigenvalue weighted by Crippen LogP contribution is -2.41. The normalized spacial score (nSPS) is 21.3. The van der Waals surface area contributed by atoms with Crippen molar-refractivity contribution in [3.05, 3.63) is 65.7 Å². The van der Waals surface area contributed by atoms with E-state index in [1.165, 1.54) is 0 Å². The molecule has 1 heterocycles. The van der Waals surface area contributed by atoms with E-state index in [9.17, 15) is 4.79 Å². The van der Waals surface area contributed by atoms with Crippen molar-refractivity contribution in [1.82, 2.24) is 0 Å². The van der Waals surface area contributed by atoms with E-state index in [2.05, 4.69) is 10.6 Å². The molecule has 0 amide bonds. The van der Waals surface area contributed by atoms with E-state index in [1.807, 2.05) is 60.7 Å². The molecule has 0 saturated heterocycles. The van der Waals surface area contributed by atoms with Crippen molar-refractivity contribution < 1.29 is 9.53 Å². The standard InChI is InChI=1S/C18H16N2O2/c21-18(16-11-19-14-7-3-4-8-15(14)20-16)22-17-10-9-12-5-1-2-6-13(12)17/h1-10,16-17,19-20H,11H2. The summed E-state index contributed by atoms with van der Waals surface area (Å²) in [5, 5.41) is 6.49. The summed E-state index contributed by atoms with van der Waals surface area (Å²) >= 11 is 0. The van der Waals surface area contributed by atoms with Crippen LogP contribution in [0, 0.1) is 0 Å². The van der Waals surface area contributed by atoms with Gasteiger partial charge < -0.3 is 15.4 Å². The van der Waals surface area contributed by atoms with E-state index in [-0.39, 0.29) is 18.1 Å². The van der Waals surface area contributed by atoms with Crippen LogP contribution in [0.15, 0.2) is 54.6 Å². The molecule has 2 aliphatic rings. The van der Waals surface area contributed by atoms with E-state index < -0.39 is 0 Å². The van der Waals surface area contributed by atoms with Gasteiger partial charge in [-0.2, -0.15) is 0 Å². The van der Waals surface area contributed by atoms with Crippen LogP contribution < -0.4 is 10.6 Å². The first kappa shape index (κ1) is 13.0. The summed E-state index contributed by atoms with van der Waals surface area (Å²) in [5.41, 5.74) is 4.09. The van der Waals surface area contributed by atoms with Crippen LogP contribution in [0.4, 0.5) is 11.4 Å². The molecule has 0 fully saturated rings. The minimum Gasteiger partial charge on any atom is -0.452 e. The number of carbonyl (C=O) groups is 1. The minimum absolute atomic E-state index is 0.242. The zero-order valence-corrected chi connectivity index (χ0v) is 12.0. The summed E-state index contributed by atoms with van der Waals surface area (Å²) < 4.78 is 5.66. The summed E-state index contributed by atoms with van der Waals surface area (Å²) in [6.45, 7) is 0.522. The van der Waals surface area contributed by atoms with E-state index in [0.717, 1.165) is 22.5 Å². The molecule has 1 aliphatic carbocycles. The van der Waals surface area contributed by atoms with Crippen molar-refractivity contribution >= 4 is 23.4 Å². The average molecular weight is 292 g/mol. The minimum atomic E-state index is -0.379. The molecule has 4 heteroatoms. The quantitative estimate of drug-likeness (QED) is 0.835. The number of hydrogen-bond acceptors (Lipinski definition) is 4. The van der Waals surface area contributed by atoms with Gasteiger partial charge in [-0.05, 0) is 23.8 Å². The van der Waals surface area contributed by atoms with Gasteiger partial charge in [0.2, 0.25) is 0 Å². The Hall–Kier alpha value is -2.75. The molecule has 2 unspecified atom stereocenters. The highest BCUT2D eigenvalue weighted by Crippen LogP contribution is 2.32. The highest BCUT2D eigenvalue weighted by Gasteiger charge is 2.28. The van der Waals surface area contributed by atoms with E-state index in [0.29, 0.717) is 6.54 Å². The van der Waals surface area contributed by atoms with Gasteiger partial charge in [-0.3, -0.25) is 0 Å². The second-order valence-corrected chi connectivity index (χ2v) is 5.47. The highest BCUT2D eigenvalue weighted by molar-refractivity contribution is 5.85. The lowest BCUT2D eigenvalue weighted by atomic mass is 10.1. The third kappa shape index (κ3) is 2.22. The van der Waals surface area contributed by atoms with Crippen LogP contribution in [0.1, 0.15) is 17.2 Å². The number of carbonyl (C=O) groups excluding carboxylic acids is 1. The molecule has 0 spiro atoms. The van der Waals surface area contributed by atoms with Gasteiger partial charge in [0.05, 0.1) is 11.4 Å². The number of hydrogen-bond donors (Lipinski definition) is 2. The number of benzene rings is 2. The first-order valence-corrected chi connectivity index (χ1v) is 7.38. The van der Waals surface area contributed by atoms with Gasteiger partial charge >= 0.3 is 5.97 Å². The second kappa shape index (κ2) is 5.22. The third-order valence-corrected chi connectivity index (χ3v) is 4.03. The molecule has 2 aromatic rings. The van der Waals surface area contributed by atoms with Crippen LogP contribution in [0.25, 0.3) is 6.08 Å². The number of nitrogens with one attached hydrogen (secondary N) is 2. The Morgan fingerprint density at radius 3 is 2.73 bits per heavy atom. The smallest absolute Gasteiger partial charge is 0.331 e. The van der Waals surface area contributed by atoms with Gasteiger partial charge in [-0.25, -0.2) is 4.79 Å². The maximum atomic E-state index is 12.4. The summed E-state index contributed by atoms with van der Waals surface area (Å²) in [6.07, 6.45) is 3.63. The SMILES string of the molecule is O=C(OC1C=Cc2ccccc21)C1CNc2ccccc2N1. The van der Waals surface area contributed by atoms with Crippen molar-refractivity contribution in [3.63, 3.8) is 0 Å². The molecule has 1 aliphatic heterocycles. The Labute approximate surface area is 128 Å². The van der Waals surface area contributed by atoms with Crippen molar-refractivity contribution in [2.45, 2.75) is 12.1 Å². The fraction of sp³-hybridized carbons (Fsp3) is 0.167. The fourth-order valence-electron chi connectivity index (χ4n) is 2.88. The summed E-state index contributed by atoms with van der Waals surface area (Å²) in [6, 6.07) is 15.4. The Morgan fingerprint density at radius 1 is 1.05 bits per heavy atom. The Kier molecular flexibility index (Phi) is 3.07. The van der Waals surface area contributed by atoms with Gasteiger partial charge in [0, 0.05) is 12.1 Å². The van der Waals surface area contributed by atoms with Crippen LogP contribution >= 0.6 is 0 Å². The van der Waals surface area contributed by atoms with Crippen molar-refractivity contribution in [1.29, 1.82) is 0 Å². The molecular formula is C18H16N2O2. The molecule has 110 valence electrons. The fourth-order valence-corrected chi connectivity index (χ4v) is 2.88. The Balaban J connectivity index is 1.47. The van der Waals surface area contributed by atoms with Crippen molar-refractivity contribution in [2.24, 2.45) is 0 Å². The first-order valence-electron chi connectivity index (χ1n) is 7.38. The maximum Gasteiger partial charge on any atom is 0.331 e. The molecule has 0 radical (unpaired) electrons. The maximum absolute atomic E-state index is 12.4. The van der Waals surface area contributed by atoms with Crippen LogP contribution in [0.5, 0.6) is 0 Å². The number of ether oxygens (including phenoxy) is 1. The van der Waals surface area contributed by atoms with Crippen LogP contribution in [0.2, 0.25) is 0 Å². The Bertz CT molecular complexity index is 754. The molecule has 0 bridgehead atoms. The molecule has 0 saturated carbocycles. The first-order chi connectivity index (χ1) is 10.8. The summed E-state index contributed by atoms with van der Waals surface area (Å²) in [4.78, 5) is 12.4. The number of rotatable bonds is 2. The predicted octanol–water partition coefficient (Wildman–Crippen LogP) is 3.20. The lowest BCUT2D eigenvalue weighted by Gasteiger charge is -2.27. The largest absolute Gasteiger partial charge is 0.452 e. The van der Waals surface area contributed by atoms with Crippen molar-refractivity contribution in [3.8, 4) is 0 Å². The van der Waals surface area contributed by atoms with E-state index in [4.69, 9.17) is 4.74 Å². The lowest BCUT2D eigenvalue weighted by molar-refractivity contribution is -0.147. The molecule has 22 heavy (non-hydrogen) atoms. The van der Waals surface area contributed by atoms with Crippen LogP contribution in [0.3, 0.4) is 0 Å². The number of esters is 1. The topological polar surface area (TPSA) is 50.4 Å². The monoisotopic (exact) mass is 292 g/mol. The number of para-hydroxylation sites is 2. The van der Waals surface area contributed by atoms with Gasteiger partial charge in [-0.15, -0.1) is 0 Å². The van der Waals surface area contributed by atoms with Gasteiger partial charge in [0.1, 0.15) is 12.1 Å². The molecule has 4 rings (SSSR count). The summed E-state index contributed by atoms with van der Waals surface area (Å²) in [7, 11) is 0. The average Bonchev–Trinajstić information content (AvgIpc) is 2.97. The molecule has 0 aromatic heterocycles. The van der Waals surface area contributed by atoms with Gasteiger partial charge in [0.15, 0.2) is 0 Å². The second-order valence-electron chi connectivity index (χ2n) is 5.47. The zero-order chi connectivity index (χ0) is 14.9. The molecular weight excluding hydrogens is 276 g/mol. The van der Waals surface area contributed by atoms with E-state index in [1.54, 1.807) is 0 Å². The van der Waals surface area contributed by atoms with E-state index >= 15 is 0 Å². The molecule has 2 aromatic carbocycles. The van der Waals surface area contributed by atoms with Gasteiger partial charge in [0.25, 0.3) is 0 Å². The molecule has 2 atom stereocenters. The van der Waals surface area contributed by atoms with Crippen LogP contribution in [-0.2, 0) is 9.53 Å². The highest BCUT2D eigenvalue weighted by atomic mass is 16.5. The predicted molar refractivity (Wildman–Crippen MR) is 86.7 cm³/mol. The molecule has 4 nitrogen and oxygen atoms in total. The summed E-state index contributed by atoms with van der Waals surface area (Å²) in [5.74, 6) is -0.242. The van der Waals surface area contributed by atoms with Crippen LogP contribution in [-0.4, -0.2) is 18.6 Å². The number of anilines is 2. The number of fused-ring (bicyclic) bond motifs is 2.